The minimum atomic E-state index is -1.43. The molecule has 0 aromatic rings. The molecule has 4 heteroatoms. The Kier molecular flexibility index (Phi) is 1.85. The van der Waals surface area contributed by atoms with Crippen molar-refractivity contribution in [3.05, 3.63) is 0 Å². The third kappa shape index (κ3) is 1.34. The summed E-state index contributed by atoms with van der Waals surface area (Å²) >= 11 is 0. The van der Waals surface area contributed by atoms with Gasteiger partial charge in [-0.15, -0.1) is 0 Å². The van der Waals surface area contributed by atoms with Crippen LogP contribution in [0.15, 0.2) is 0 Å². The number of carboxylic acids is 1. The van der Waals surface area contributed by atoms with Crippen LogP contribution in [0.1, 0.15) is 25.7 Å². The van der Waals surface area contributed by atoms with Crippen LogP contribution in [-0.4, -0.2) is 34.9 Å². The molecule has 1 aliphatic carbocycles. The molecule has 0 aromatic carbocycles. The van der Waals surface area contributed by atoms with Gasteiger partial charge in [-0.25, -0.2) is 4.79 Å². The Morgan fingerprint density at radius 1 is 1.38 bits per heavy atom. The van der Waals surface area contributed by atoms with Crippen LogP contribution >= 0.6 is 0 Å². The minimum Gasteiger partial charge on any atom is -0.479 e. The van der Waals surface area contributed by atoms with Crippen LogP contribution < -0.4 is 5.32 Å². The number of piperidine rings is 1. The first-order valence-electron chi connectivity index (χ1n) is 4.73. The Morgan fingerprint density at radius 3 is 2.54 bits per heavy atom. The molecule has 13 heavy (non-hydrogen) atoms. The van der Waals surface area contributed by atoms with Gasteiger partial charge in [-0.2, -0.15) is 0 Å². The number of hydrogen-bond acceptors (Lipinski definition) is 3. The minimum absolute atomic E-state index is 0.0748. The highest BCUT2D eigenvalue weighted by atomic mass is 16.4. The van der Waals surface area contributed by atoms with Gasteiger partial charge >= 0.3 is 5.97 Å². The molecule has 1 heterocycles. The topological polar surface area (TPSA) is 69.6 Å². The van der Waals surface area contributed by atoms with Gasteiger partial charge < -0.3 is 15.5 Å². The molecule has 0 amide bonds. The van der Waals surface area contributed by atoms with Crippen LogP contribution in [0, 0.1) is 5.41 Å². The number of hydrogen-bond donors (Lipinski definition) is 3. The normalized spacial score (nSPS) is 44.4. The summed E-state index contributed by atoms with van der Waals surface area (Å²) in [5.74, 6) is -1.07. The molecule has 1 saturated carbocycles. The van der Waals surface area contributed by atoms with Gasteiger partial charge in [0.2, 0.25) is 0 Å². The van der Waals surface area contributed by atoms with Crippen molar-refractivity contribution in [1.29, 1.82) is 0 Å². The van der Waals surface area contributed by atoms with E-state index in [4.69, 9.17) is 5.11 Å². The summed E-state index contributed by atoms with van der Waals surface area (Å²) in [6.45, 7) is 1.88. The van der Waals surface area contributed by atoms with Crippen LogP contribution in [0.2, 0.25) is 0 Å². The van der Waals surface area contributed by atoms with Crippen molar-refractivity contribution in [3.8, 4) is 0 Å². The predicted molar refractivity (Wildman–Crippen MR) is 46.4 cm³/mol. The molecular weight excluding hydrogens is 170 g/mol. The van der Waals surface area contributed by atoms with Crippen molar-refractivity contribution in [2.24, 2.45) is 5.41 Å². The van der Waals surface area contributed by atoms with E-state index in [-0.39, 0.29) is 5.41 Å². The Balaban J connectivity index is 1.98. The van der Waals surface area contributed by atoms with Crippen molar-refractivity contribution in [2.75, 3.05) is 13.1 Å². The molecule has 1 saturated heterocycles. The highest BCUT2D eigenvalue weighted by molar-refractivity contribution is 5.78. The van der Waals surface area contributed by atoms with E-state index in [1.54, 1.807) is 0 Å². The van der Waals surface area contributed by atoms with Crippen molar-refractivity contribution < 1.29 is 15.0 Å². The maximum Gasteiger partial charge on any atom is 0.335 e. The third-order valence-corrected chi connectivity index (χ3v) is 3.29. The summed E-state index contributed by atoms with van der Waals surface area (Å²) in [5.41, 5.74) is -1.36. The largest absolute Gasteiger partial charge is 0.479 e. The van der Waals surface area contributed by atoms with E-state index in [2.05, 4.69) is 5.32 Å². The molecular formula is C9H15NO3. The van der Waals surface area contributed by atoms with Gasteiger partial charge in [0, 0.05) is 6.54 Å². The van der Waals surface area contributed by atoms with E-state index in [1.165, 1.54) is 0 Å². The van der Waals surface area contributed by atoms with E-state index in [0.29, 0.717) is 12.8 Å². The lowest BCUT2D eigenvalue weighted by atomic mass is 9.56. The van der Waals surface area contributed by atoms with Crippen molar-refractivity contribution >= 4 is 5.97 Å². The predicted octanol–water partition coefficient (Wildman–Crippen LogP) is -0.0343. The van der Waals surface area contributed by atoms with E-state index >= 15 is 0 Å². The first-order chi connectivity index (χ1) is 6.06. The van der Waals surface area contributed by atoms with Crippen molar-refractivity contribution in [2.45, 2.75) is 31.3 Å². The number of carboxylic acid groups (broad SMARTS) is 1. The second kappa shape index (κ2) is 2.69. The summed E-state index contributed by atoms with van der Waals surface area (Å²) in [5, 5.41) is 21.6. The van der Waals surface area contributed by atoms with E-state index in [9.17, 15) is 9.90 Å². The standard InChI is InChI=1S/C9H15NO3/c11-7(12)9(13)4-8(5-9)2-1-3-10-6-8/h10,13H,1-6H2,(H,11,12). The maximum atomic E-state index is 10.7. The lowest BCUT2D eigenvalue weighted by molar-refractivity contribution is -0.189. The summed E-state index contributed by atoms with van der Waals surface area (Å²) < 4.78 is 0. The lowest BCUT2D eigenvalue weighted by Crippen LogP contribution is -2.61. The summed E-state index contributed by atoms with van der Waals surface area (Å²) in [6.07, 6.45) is 2.98. The van der Waals surface area contributed by atoms with Gasteiger partial charge in [-0.05, 0) is 37.6 Å². The van der Waals surface area contributed by atoms with Gasteiger partial charge in [0.1, 0.15) is 0 Å². The quantitative estimate of drug-likeness (QED) is 0.536. The average Bonchev–Trinajstić information content (AvgIpc) is 2.03. The average molecular weight is 185 g/mol. The second-order valence-corrected chi connectivity index (χ2v) is 4.47. The highest BCUT2D eigenvalue weighted by Gasteiger charge is 2.58. The Hall–Kier alpha value is -0.610. The zero-order valence-corrected chi connectivity index (χ0v) is 7.55. The zero-order chi connectivity index (χ0) is 9.53. The molecule has 2 aliphatic rings. The first kappa shape index (κ1) is 8.97. The molecule has 1 spiro atoms. The Labute approximate surface area is 76.9 Å². The van der Waals surface area contributed by atoms with Crippen molar-refractivity contribution in [1.82, 2.24) is 5.32 Å². The summed E-state index contributed by atoms with van der Waals surface area (Å²) in [6, 6.07) is 0. The van der Waals surface area contributed by atoms with Gasteiger partial charge in [0.05, 0.1) is 0 Å². The fourth-order valence-corrected chi connectivity index (χ4v) is 2.67. The number of rotatable bonds is 1. The van der Waals surface area contributed by atoms with Crippen LogP contribution in [0.5, 0.6) is 0 Å². The number of nitrogens with one attached hydrogen (secondary N) is 1. The fraction of sp³-hybridized carbons (Fsp3) is 0.889. The summed E-state index contributed by atoms with van der Waals surface area (Å²) in [4.78, 5) is 10.7. The van der Waals surface area contributed by atoms with E-state index in [1.807, 2.05) is 0 Å². The fourth-order valence-electron chi connectivity index (χ4n) is 2.67. The van der Waals surface area contributed by atoms with Crippen LogP contribution in [-0.2, 0) is 4.79 Å². The molecule has 4 nitrogen and oxygen atoms in total. The number of aliphatic hydroxyl groups is 1. The molecule has 2 fully saturated rings. The molecule has 0 atom stereocenters. The molecule has 2 rings (SSSR count). The van der Waals surface area contributed by atoms with E-state index < -0.39 is 11.6 Å². The molecule has 74 valence electrons. The molecule has 0 radical (unpaired) electrons. The van der Waals surface area contributed by atoms with Crippen LogP contribution in [0.3, 0.4) is 0 Å². The van der Waals surface area contributed by atoms with Crippen molar-refractivity contribution in [3.63, 3.8) is 0 Å². The smallest absolute Gasteiger partial charge is 0.335 e. The first-order valence-corrected chi connectivity index (χ1v) is 4.73. The lowest BCUT2D eigenvalue weighted by Gasteiger charge is -2.53. The third-order valence-electron chi connectivity index (χ3n) is 3.29. The number of aliphatic carboxylic acids is 1. The van der Waals surface area contributed by atoms with Gasteiger partial charge in [-0.3, -0.25) is 0 Å². The van der Waals surface area contributed by atoms with Crippen LogP contribution in [0.4, 0.5) is 0 Å². The molecule has 3 N–H and O–H groups in total. The molecule has 0 unspecified atom stereocenters. The highest BCUT2D eigenvalue weighted by Crippen LogP contribution is 2.52. The van der Waals surface area contributed by atoms with E-state index in [0.717, 1.165) is 25.9 Å². The van der Waals surface area contributed by atoms with Gasteiger partial charge in [0.15, 0.2) is 5.60 Å². The molecule has 1 aliphatic heterocycles. The number of carbonyl (C=O) groups is 1. The summed E-state index contributed by atoms with van der Waals surface area (Å²) in [7, 11) is 0. The second-order valence-electron chi connectivity index (χ2n) is 4.47. The van der Waals surface area contributed by atoms with Crippen LogP contribution in [0.25, 0.3) is 0 Å². The molecule has 0 aromatic heterocycles. The maximum absolute atomic E-state index is 10.7. The Bertz CT molecular complexity index is 225. The van der Waals surface area contributed by atoms with Gasteiger partial charge in [-0.1, -0.05) is 0 Å². The van der Waals surface area contributed by atoms with Gasteiger partial charge in [0.25, 0.3) is 0 Å². The monoisotopic (exact) mass is 185 g/mol. The Morgan fingerprint density at radius 2 is 2.08 bits per heavy atom. The SMILES string of the molecule is O=C(O)C1(O)CC2(CCCNC2)C1. The molecule has 0 bridgehead atoms. The zero-order valence-electron chi connectivity index (χ0n) is 7.55.